The second-order valence-electron chi connectivity index (χ2n) is 13.4. The number of carbonyl (C=O) groups excluding carboxylic acids is 1. The van der Waals surface area contributed by atoms with E-state index in [0.717, 1.165) is 19.3 Å². The maximum atomic E-state index is 14.0. The number of rotatable bonds is 1. The molecule has 8 nitrogen and oxygen atoms in total. The zero-order valence-electron chi connectivity index (χ0n) is 25.3. The molecule has 0 amide bonds. The largest absolute Gasteiger partial charge is 0.462 e. The van der Waals surface area contributed by atoms with E-state index in [2.05, 4.69) is 51.9 Å². The number of allylic oxidation sites excluding steroid dienone is 4. The average molecular weight is 570 g/mol. The van der Waals surface area contributed by atoms with Crippen molar-refractivity contribution in [3.05, 3.63) is 47.1 Å². The van der Waals surface area contributed by atoms with Crippen LogP contribution < -0.4 is 0 Å². The molecule has 0 aromatic carbocycles. The van der Waals surface area contributed by atoms with Crippen molar-refractivity contribution in [3.63, 3.8) is 0 Å². The molecule has 0 aromatic heterocycles. The van der Waals surface area contributed by atoms with Crippen LogP contribution in [0.1, 0.15) is 80.1 Å². The Morgan fingerprint density at radius 1 is 1.15 bits per heavy atom. The molecule has 0 saturated carbocycles. The number of carbonyl (C=O) groups is 1. The normalized spacial score (nSPS) is 45.0. The molecule has 41 heavy (non-hydrogen) atoms. The summed E-state index contributed by atoms with van der Waals surface area (Å²) in [5.41, 5.74) is 0.914. The minimum atomic E-state index is -1.72. The minimum Gasteiger partial charge on any atom is -0.462 e. The van der Waals surface area contributed by atoms with E-state index in [1.54, 1.807) is 13.0 Å². The summed E-state index contributed by atoms with van der Waals surface area (Å²) in [7, 11) is 0. The number of fused-ring (bicyclic) bond motifs is 2. The van der Waals surface area contributed by atoms with Gasteiger partial charge in [0.05, 0.1) is 18.8 Å². The van der Waals surface area contributed by atoms with Gasteiger partial charge in [0.1, 0.15) is 29.4 Å². The number of hydrogen-bond donors (Lipinski definition) is 2. The van der Waals surface area contributed by atoms with Crippen molar-refractivity contribution in [3.8, 4) is 0 Å². The maximum absolute atomic E-state index is 14.0. The van der Waals surface area contributed by atoms with E-state index in [9.17, 15) is 15.1 Å². The standard InChI is InChI=1S/C33H47NO7/c1-19(2)29-22(5)12-13-32(41-29)17-26-16-25(40-32)11-10-21(4)14-20(3)8-7-9-24-18-38-30-28(34-37)23(6)15-27(31(35)39-26)33(24,30)36/h7-10,15,19-20,22,25-27,29-30,36-37H,11-14,16-18H2,1-6H3/b8-7+,21-10+,24-9?,34-28-/t20-,22-,25+,26-,27-,29+,30+,32+,33+/m0/s1. The molecule has 1 spiro atoms. The molecule has 4 aliphatic heterocycles. The van der Waals surface area contributed by atoms with Gasteiger partial charge in [-0.1, -0.05) is 68.8 Å². The number of hydrogen-bond acceptors (Lipinski definition) is 8. The minimum absolute atomic E-state index is 0.0616. The molecule has 8 heteroatoms. The van der Waals surface area contributed by atoms with Crippen molar-refractivity contribution < 1.29 is 34.1 Å². The van der Waals surface area contributed by atoms with Gasteiger partial charge in [0.2, 0.25) is 0 Å². The molecule has 9 atom stereocenters. The zero-order chi connectivity index (χ0) is 29.5. The summed E-state index contributed by atoms with van der Waals surface area (Å²) in [6.45, 7) is 12.8. The predicted octanol–water partition coefficient (Wildman–Crippen LogP) is 5.64. The third-order valence-electron chi connectivity index (χ3n) is 9.61. The molecule has 3 saturated heterocycles. The van der Waals surface area contributed by atoms with Crippen LogP contribution in [0.5, 0.6) is 0 Å². The topological polar surface area (TPSA) is 107 Å². The van der Waals surface area contributed by atoms with E-state index in [0.29, 0.717) is 42.2 Å². The molecule has 2 N–H and O–H groups in total. The summed E-state index contributed by atoms with van der Waals surface area (Å²) in [4.78, 5) is 14.0. The Labute approximate surface area is 244 Å². The summed E-state index contributed by atoms with van der Waals surface area (Å²) in [6.07, 6.45) is 12.6. The first-order valence-electron chi connectivity index (χ1n) is 15.3. The van der Waals surface area contributed by atoms with Crippen LogP contribution >= 0.6 is 0 Å². The van der Waals surface area contributed by atoms with E-state index in [1.807, 2.05) is 12.2 Å². The van der Waals surface area contributed by atoms with Crippen molar-refractivity contribution in [2.75, 3.05) is 6.61 Å². The number of aliphatic hydroxyl groups is 1. The van der Waals surface area contributed by atoms with Crippen molar-refractivity contribution in [2.45, 2.75) is 116 Å². The highest BCUT2D eigenvalue weighted by Crippen LogP contribution is 2.47. The Morgan fingerprint density at radius 3 is 2.66 bits per heavy atom. The molecule has 3 fully saturated rings. The highest BCUT2D eigenvalue weighted by molar-refractivity contribution is 6.06. The summed E-state index contributed by atoms with van der Waals surface area (Å²) in [5, 5.41) is 25.4. The van der Waals surface area contributed by atoms with Gasteiger partial charge in [-0.3, -0.25) is 4.79 Å². The Morgan fingerprint density at radius 2 is 1.93 bits per heavy atom. The van der Waals surface area contributed by atoms with E-state index in [4.69, 9.17) is 18.9 Å². The molecule has 4 heterocycles. The van der Waals surface area contributed by atoms with Crippen LogP contribution in [-0.2, 0) is 23.7 Å². The predicted molar refractivity (Wildman–Crippen MR) is 155 cm³/mol. The fraction of sp³-hybridized carbons (Fsp3) is 0.697. The van der Waals surface area contributed by atoms with Gasteiger partial charge in [-0.25, -0.2) is 0 Å². The third-order valence-corrected chi connectivity index (χ3v) is 9.61. The molecule has 0 aromatic rings. The number of oxime groups is 1. The lowest BCUT2D eigenvalue weighted by Gasteiger charge is -2.50. The summed E-state index contributed by atoms with van der Waals surface area (Å²) in [5.74, 6) is -1.31. The Kier molecular flexibility index (Phi) is 8.68. The van der Waals surface area contributed by atoms with Crippen LogP contribution in [0, 0.1) is 23.7 Å². The number of nitrogens with zero attached hydrogens (tertiary/aromatic N) is 1. The van der Waals surface area contributed by atoms with Crippen molar-refractivity contribution in [2.24, 2.45) is 28.8 Å². The first kappa shape index (κ1) is 30.2. The molecule has 5 aliphatic rings. The second kappa shape index (κ2) is 11.8. The Bertz CT molecular complexity index is 1170. The van der Waals surface area contributed by atoms with Gasteiger partial charge in [-0.2, -0.15) is 0 Å². The molecule has 2 bridgehead atoms. The number of ether oxygens (including phenoxy) is 4. The summed E-state index contributed by atoms with van der Waals surface area (Å²) in [6, 6.07) is 0. The van der Waals surface area contributed by atoms with Crippen LogP contribution in [-0.4, -0.2) is 64.4 Å². The quantitative estimate of drug-likeness (QED) is 0.182. The van der Waals surface area contributed by atoms with E-state index < -0.39 is 35.5 Å². The highest BCUT2D eigenvalue weighted by atomic mass is 16.7. The van der Waals surface area contributed by atoms with Crippen LogP contribution in [0.3, 0.4) is 0 Å². The Balaban J connectivity index is 1.53. The van der Waals surface area contributed by atoms with E-state index in [-0.39, 0.29) is 30.4 Å². The zero-order valence-corrected chi connectivity index (χ0v) is 25.3. The number of esters is 1. The smallest absolute Gasteiger partial charge is 0.316 e. The molecular formula is C33H47NO7. The first-order chi connectivity index (χ1) is 19.5. The molecule has 226 valence electrons. The molecular weight excluding hydrogens is 522 g/mol. The van der Waals surface area contributed by atoms with Crippen LogP contribution in [0.4, 0.5) is 0 Å². The van der Waals surface area contributed by atoms with Crippen LogP contribution in [0.25, 0.3) is 0 Å². The molecule has 0 unspecified atom stereocenters. The van der Waals surface area contributed by atoms with Crippen molar-refractivity contribution in [1.82, 2.24) is 0 Å². The van der Waals surface area contributed by atoms with Gasteiger partial charge < -0.3 is 29.3 Å². The summed E-state index contributed by atoms with van der Waals surface area (Å²) >= 11 is 0. The highest BCUT2D eigenvalue weighted by Gasteiger charge is 2.59. The lowest BCUT2D eigenvalue weighted by molar-refractivity contribution is -0.340. The van der Waals surface area contributed by atoms with Gasteiger partial charge >= 0.3 is 5.97 Å². The van der Waals surface area contributed by atoms with Gasteiger partial charge in [0, 0.05) is 19.3 Å². The van der Waals surface area contributed by atoms with Crippen LogP contribution in [0.2, 0.25) is 0 Å². The molecule has 5 rings (SSSR count). The average Bonchev–Trinajstić information content (AvgIpc) is 3.24. The van der Waals surface area contributed by atoms with Crippen LogP contribution in [0.15, 0.2) is 52.3 Å². The lowest BCUT2D eigenvalue weighted by Crippen LogP contribution is -2.57. The van der Waals surface area contributed by atoms with E-state index in [1.165, 1.54) is 5.57 Å². The maximum Gasteiger partial charge on any atom is 0.316 e. The second-order valence-corrected chi connectivity index (χ2v) is 13.4. The fourth-order valence-electron chi connectivity index (χ4n) is 7.48. The molecule has 1 aliphatic carbocycles. The summed E-state index contributed by atoms with van der Waals surface area (Å²) < 4.78 is 25.7. The van der Waals surface area contributed by atoms with Gasteiger partial charge in [0.15, 0.2) is 5.79 Å². The first-order valence-corrected chi connectivity index (χ1v) is 15.3. The Hall–Kier alpha value is -2.26. The lowest BCUT2D eigenvalue weighted by atomic mass is 9.71. The fourth-order valence-corrected chi connectivity index (χ4v) is 7.48. The van der Waals surface area contributed by atoms with Gasteiger partial charge in [0.25, 0.3) is 0 Å². The van der Waals surface area contributed by atoms with Gasteiger partial charge in [-0.05, 0) is 62.0 Å². The van der Waals surface area contributed by atoms with E-state index >= 15 is 0 Å². The SMILES string of the molecule is CC1=C[C@H]2C(=O)O[C@H]3C[C@@H](C/C=C(\C)C[C@@H](C)/C=C/C=C4CO[C@H](/C1=N\O)[C@@]42O)O[C@@]1(CC[C@H](C)[C@@H](C(C)C)O1)C3. The monoisotopic (exact) mass is 569 g/mol. The molecule has 0 radical (unpaired) electrons. The van der Waals surface area contributed by atoms with Crippen molar-refractivity contribution in [1.29, 1.82) is 0 Å². The third kappa shape index (κ3) is 5.85. The van der Waals surface area contributed by atoms with Crippen molar-refractivity contribution >= 4 is 11.7 Å². The van der Waals surface area contributed by atoms with Gasteiger partial charge in [-0.15, -0.1) is 0 Å².